The number of benzene rings is 1. The van der Waals surface area contributed by atoms with E-state index in [1.54, 1.807) is 24.5 Å². The molecule has 0 radical (unpaired) electrons. The van der Waals surface area contributed by atoms with Crippen LogP contribution in [0.2, 0.25) is 0 Å². The zero-order valence-electron chi connectivity index (χ0n) is 18.1. The number of aliphatic imine (C=N–C) groups is 1. The molecule has 2 aliphatic heterocycles. The predicted octanol–water partition coefficient (Wildman–Crippen LogP) is 4.97. The molecule has 160 valence electrons. The molecule has 0 bridgehead atoms. The van der Waals surface area contributed by atoms with Crippen molar-refractivity contribution in [1.82, 2.24) is 9.58 Å². The lowest BCUT2D eigenvalue weighted by Gasteiger charge is -2.20. The Labute approximate surface area is 189 Å². The third-order valence-corrected chi connectivity index (χ3v) is 6.34. The second-order valence-electron chi connectivity index (χ2n) is 7.91. The minimum atomic E-state index is -0.444. The van der Waals surface area contributed by atoms with E-state index in [2.05, 4.69) is 46.7 Å². The highest BCUT2D eigenvalue weighted by molar-refractivity contribution is 8.27. The van der Waals surface area contributed by atoms with Gasteiger partial charge >= 0.3 is 0 Å². The topological polar surface area (TPSA) is 86.9 Å². The maximum atomic E-state index is 12.8. The highest BCUT2D eigenvalue weighted by atomic mass is 32.2. The van der Waals surface area contributed by atoms with Gasteiger partial charge in [-0.15, -0.1) is 0 Å². The molecule has 0 unspecified atom stereocenters. The Balaban J connectivity index is 1.54. The molecule has 1 amide bonds. The number of aryl methyl sites for hydroxylation is 3. The molecule has 2 aliphatic rings. The molecule has 2 aromatic heterocycles. The molecule has 5 rings (SSSR count). The summed E-state index contributed by atoms with van der Waals surface area (Å²) in [6.45, 7) is 8.21. The normalized spacial score (nSPS) is 17.1. The molecule has 3 aromatic rings. The van der Waals surface area contributed by atoms with Crippen LogP contribution in [0.4, 0.5) is 0 Å². The predicted molar refractivity (Wildman–Crippen MR) is 128 cm³/mol. The van der Waals surface area contributed by atoms with Gasteiger partial charge in [0.2, 0.25) is 5.17 Å². The average Bonchev–Trinajstić information content (AvgIpc) is 3.44. The van der Waals surface area contributed by atoms with Gasteiger partial charge in [-0.3, -0.25) is 10.2 Å². The summed E-state index contributed by atoms with van der Waals surface area (Å²) in [7, 11) is 0. The van der Waals surface area contributed by atoms with Crippen LogP contribution >= 0.6 is 11.8 Å². The van der Waals surface area contributed by atoms with Gasteiger partial charge in [0, 0.05) is 17.1 Å². The molecular weight excluding hydrogens is 422 g/mol. The number of carbonyl (C=O) groups is 1. The van der Waals surface area contributed by atoms with Gasteiger partial charge in [-0.2, -0.15) is 15.1 Å². The fraction of sp³-hybridized carbons (Fsp3) is 0.167. The van der Waals surface area contributed by atoms with Crippen LogP contribution < -0.4 is 0 Å². The number of fused-ring (bicyclic) bond motifs is 1. The highest BCUT2D eigenvalue weighted by Crippen LogP contribution is 2.32. The van der Waals surface area contributed by atoms with Crippen molar-refractivity contribution >= 4 is 39.8 Å². The summed E-state index contributed by atoms with van der Waals surface area (Å²) in [6, 6.07) is 12.0. The Morgan fingerprint density at radius 3 is 2.53 bits per heavy atom. The summed E-state index contributed by atoms with van der Waals surface area (Å²) < 4.78 is 7.56. The Hall–Kier alpha value is -3.65. The van der Waals surface area contributed by atoms with Gasteiger partial charge in [-0.1, -0.05) is 6.07 Å². The van der Waals surface area contributed by atoms with E-state index in [0.29, 0.717) is 16.0 Å². The van der Waals surface area contributed by atoms with E-state index in [1.807, 2.05) is 19.9 Å². The number of furan rings is 1. The van der Waals surface area contributed by atoms with Crippen molar-refractivity contribution in [2.45, 2.75) is 27.7 Å². The average molecular weight is 444 g/mol. The largest absolute Gasteiger partial charge is 0.462 e. The van der Waals surface area contributed by atoms with Crippen molar-refractivity contribution in [2.75, 3.05) is 0 Å². The molecule has 0 aliphatic carbocycles. The molecule has 0 fully saturated rings. The first-order valence-corrected chi connectivity index (χ1v) is 10.9. The highest BCUT2D eigenvalue weighted by Gasteiger charge is 2.36. The molecule has 1 N–H and O–H groups in total. The smallest absolute Gasteiger partial charge is 0.283 e. The Morgan fingerprint density at radius 1 is 1.09 bits per heavy atom. The zero-order valence-corrected chi connectivity index (χ0v) is 18.9. The second-order valence-corrected chi connectivity index (χ2v) is 8.87. The number of nitrogens with one attached hydrogen (secondary N) is 1. The van der Waals surface area contributed by atoms with Crippen molar-refractivity contribution < 1.29 is 9.21 Å². The number of hydrogen-bond acceptors (Lipinski definition) is 5. The van der Waals surface area contributed by atoms with Crippen LogP contribution in [0.1, 0.15) is 33.8 Å². The number of amidine groups is 2. The maximum Gasteiger partial charge on any atom is 0.283 e. The third-order valence-electron chi connectivity index (χ3n) is 5.42. The summed E-state index contributed by atoms with van der Waals surface area (Å²) in [5, 5.41) is 15.4. The first-order valence-electron chi connectivity index (χ1n) is 10.1. The molecule has 32 heavy (non-hydrogen) atoms. The minimum absolute atomic E-state index is 0.00487. The Morgan fingerprint density at radius 2 is 1.84 bits per heavy atom. The van der Waals surface area contributed by atoms with Crippen molar-refractivity contribution in [3.05, 3.63) is 82.1 Å². The van der Waals surface area contributed by atoms with E-state index >= 15 is 0 Å². The summed E-state index contributed by atoms with van der Waals surface area (Å²) in [4.78, 5) is 17.0. The fourth-order valence-corrected chi connectivity index (χ4v) is 4.92. The maximum absolute atomic E-state index is 12.8. The molecule has 0 atom stereocenters. The molecule has 7 nitrogen and oxygen atoms in total. The fourth-order valence-electron chi connectivity index (χ4n) is 4.06. The van der Waals surface area contributed by atoms with Gasteiger partial charge in [0.25, 0.3) is 5.91 Å². The van der Waals surface area contributed by atoms with Crippen LogP contribution in [0.15, 0.2) is 62.7 Å². The lowest BCUT2D eigenvalue weighted by Crippen LogP contribution is -2.35. The van der Waals surface area contributed by atoms with Crippen LogP contribution in [0.25, 0.3) is 11.8 Å². The van der Waals surface area contributed by atoms with Gasteiger partial charge in [0.1, 0.15) is 0 Å². The van der Waals surface area contributed by atoms with Crippen molar-refractivity contribution in [1.29, 1.82) is 5.41 Å². The summed E-state index contributed by atoms with van der Waals surface area (Å²) in [5.74, 6) is 0.140. The van der Waals surface area contributed by atoms with Gasteiger partial charge in [-0.05, 0) is 92.6 Å². The number of amides is 1. The number of carbonyl (C=O) groups excluding carboxylic acids is 1. The van der Waals surface area contributed by atoms with E-state index in [-0.39, 0.29) is 11.4 Å². The SMILES string of the molecule is Cc1cc(C)cc(-n2c(C)cc(C=C3C(=N)N4N=C(c5ccco5)SC4=NC3=O)c2C)c1. The van der Waals surface area contributed by atoms with Gasteiger partial charge < -0.3 is 8.98 Å². The monoisotopic (exact) mass is 443 g/mol. The van der Waals surface area contributed by atoms with Gasteiger partial charge in [0.05, 0.1) is 11.8 Å². The third kappa shape index (κ3) is 3.33. The van der Waals surface area contributed by atoms with E-state index in [4.69, 9.17) is 9.83 Å². The van der Waals surface area contributed by atoms with Gasteiger partial charge in [0.15, 0.2) is 16.6 Å². The van der Waals surface area contributed by atoms with Crippen LogP contribution in [-0.2, 0) is 4.79 Å². The number of rotatable bonds is 3. The number of hydrogen-bond donors (Lipinski definition) is 1. The van der Waals surface area contributed by atoms with Gasteiger partial charge in [-0.25, -0.2) is 0 Å². The lowest BCUT2D eigenvalue weighted by atomic mass is 10.1. The van der Waals surface area contributed by atoms with Crippen molar-refractivity contribution in [3.8, 4) is 5.69 Å². The van der Waals surface area contributed by atoms with Crippen LogP contribution in [-0.4, -0.2) is 31.5 Å². The summed E-state index contributed by atoms with van der Waals surface area (Å²) in [5.41, 5.74) is 6.58. The standard InChI is InChI=1S/C24H21N5O2S/c1-13-8-14(2)10-18(9-13)28-15(3)11-17(16(28)4)12-19-21(25)29-24(26-22(19)30)32-23(27-29)20-6-5-7-31-20/h5-12,25H,1-4H3. The second kappa shape index (κ2) is 7.49. The minimum Gasteiger partial charge on any atom is -0.462 e. The number of hydrazone groups is 1. The van der Waals surface area contributed by atoms with Crippen LogP contribution in [0.3, 0.4) is 0 Å². The Kier molecular flexibility index (Phi) is 4.74. The molecule has 1 aromatic carbocycles. The number of nitrogens with zero attached hydrogens (tertiary/aromatic N) is 4. The molecule has 8 heteroatoms. The van der Waals surface area contributed by atoms with Crippen molar-refractivity contribution in [3.63, 3.8) is 0 Å². The molecule has 0 saturated heterocycles. The van der Waals surface area contributed by atoms with Crippen LogP contribution in [0, 0.1) is 33.1 Å². The van der Waals surface area contributed by atoms with Crippen LogP contribution in [0.5, 0.6) is 0 Å². The van der Waals surface area contributed by atoms with E-state index in [0.717, 1.165) is 22.6 Å². The number of aromatic nitrogens is 1. The summed E-state index contributed by atoms with van der Waals surface area (Å²) in [6.07, 6.45) is 3.29. The van der Waals surface area contributed by atoms with Crippen molar-refractivity contribution in [2.24, 2.45) is 10.1 Å². The molecular formula is C24H21N5O2S. The molecule has 0 saturated carbocycles. The van der Waals surface area contributed by atoms with E-state index < -0.39 is 5.91 Å². The lowest BCUT2D eigenvalue weighted by molar-refractivity contribution is -0.114. The Bertz CT molecular complexity index is 1360. The van der Waals surface area contributed by atoms with E-state index in [9.17, 15) is 4.79 Å². The molecule has 4 heterocycles. The first kappa shape index (κ1) is 20.3. The molecule has 0 spiro atoms. The zero-order chi connectivity index (χ0) is 22.6. The van der Waals surface area contributed by atoms with E-state index in [1.165, 1.54) is 27.9 Å². The first-order chi connectivity index (χ1) is 15.3. The summed E-state index contributed by atoms with van der Waals surface area (Å²) >= 11 is 1.22. The number of thioether (sulfide) groups is 1. The quantitative estimate of drug-likeness (QED) is 0.579.